The molecule has 2 aliphatic rings. The number of nitrogens with two attached hydrogens (primary N) is 1. The number of piperidine rings is 1. The van der Waals surface area contributed by atoms with E-state index in [1.807, 2.05) is 19.2 Å². The summed E-state index contributed by atoms with van der Waals surface area (Å²) >= 11 is 0. The first-order valence-electron chi connectivity index (χ1n) is 11.5. The summed E-state index contributed by atoms with van der Waals surface area (Å²) in [6.45, 7) is 8.02. The van der Waals surface area contributed by atoms with E-state index in [4.69, 9.17) is 15.8 Å². The summed E-state index contributed by atoms with van der Waals surface area (Å²) in [6, 6.07) is 4.12. The van der Waals surface area contributed by atoms with Crippen molar-refractivity contribution in [2.24, 2.45) is 17.1 Å². The Bertz CT molecular complexity index is 1080. The lowest BCUT2D eigenvalue weighted by Crippen LogP contribution is -2.42. The molecule has 1 saturated heterocycles. The Morgan fingerprint density at radius 2 is 2.03 bits per heavy atom. The number of carboxylic acid groups (broad SMARTS) is 1. The molecule has 3 heterocycles. The fourth-order valence-electron chi connectivity index (χ4n) is 5.26. The lowest BCUT2D eigenvalue weighted by molar-refractivity contribution is -0.138. The lowest BCUT2D eigenvalue weighted by Gasteiger charge is -2.46. The lowest BCUT2D eigenvalue weighted by atomic mass is 9.65. The van der Waals surface area contributed by atoms with Gasteiger partial charge in [-0.1, -0.05) is 6.58 Å². The van der Waals surface area contributed by atoms with Crippen molar-refractivity contribution in [3.63, 3.8) is 0 Å². The van der Waals surface area contributed by atoms with Crippen LogP contribution in [0.5, 0.6) is 0 Å². The van der Waals surface area contributed by atoms with Gasteiger partial charge < -0.3 is 20.7 Å². The van der Waals surface area contributed by atoms with Crippen molar-refractivity contribution in [2.45, 2.75) is 51.9 Å². The Hall–Kier alpha value is -3.09. The smallest absolute Gasteiger partial charge is 0.303 e. The Kier molecular flexibility index (Phi) is 6.35. The zero-order valence-corrected chi connectivity index (χ0v) is 18.8. The fourth-order valence-corrected chi connectivity index (χ4v) is 5.26. The van der Waals surface area contributed by atoms with E-state index in [1.165, 1.54) is 6.20 Å². The van der Waals surface area contributed by atoms with E-state index in [9.17, 15) is 4.79 Å². The molecular formula is C25H33N5O2. The Labute approximate surface area is 188 Å². The summed E-state index contributed by atoms with van der Waals surface area (Å²) in [5, 5.41) is 10.6. The first kappa shape index (κ1) is 22.1. The highest BCUT2D eigenvalue weighted by atomic mass is 16.4. The zero-order valence-electron chi connectivity index (χ0n) is 18.8. The van der Waals surface area contributed by atoms with Crippen LogP contribution in [0.3, 0.4) is 0 Å². The van der Waals surface area contributed by atoms with Crippen LogP contribution in [-0.4, -0.2) is 39.1 Å². The van der Waals surface area contributed by atoms with Crippen LogP contribution in [-0.2, 0) is 4.79 Å². The summed E-state index contributed by atoms with van der Waals surface area (Å²) in [7, 11) is 0. The van der Waals surface area contributed by atoms with Gasteiger partial charge in [0.1, 0.15) is 11.6 Å². The fraction of sp³-hybridized carbons (Fsp3) is 0.480. The van der Waals surface area contributed by atoms with Gasteiger partial charge in [-0.3, -0.25) is 4.79 Å². The highest BCUT2D eigenvalue weighted by Gasteiger charge is 2.38. The summed E-state index contributed by atoms with van der Waals surface area (Å²) in [5.41, 5.74) is 7.78. The van der Waals surface area contributed by atoms with Crippen molar-refractivity contribution >= 4 is 23.9 Å². The molecule has 0 aromatic carbocycles. The number of allylic oxidation sites excluding steroid dienone is 1. The standard InChI is InChI=1S/C25H33N5O2/c1-17(7-12-26)23-18(2)28-24(29-23)20-3-4-21(27-16-20)30-13-10-25(11-14-30)8-5-19(6-9-25)15-22(31)32/h3-4,7,12,16,19H,2,5-6,8-11,13-15,26H2,1H3,(H,28,29)(H,31,32)/b12-7-,23-17+. The summed E-state index contributed by atoms with van der Waals surface area (Å²) in [4.78, 5) is 26.0. The molecule has 7 heteroatoms. The number of rotatable bonds is 5. The number of aromatic nitrogens is 3. The van der Waals surface area contributed by atoms with E-state index in [2.05, 4.69) is 33.6 Å². The third-order valence-corrected chi connectivity index (χ3v) is 7.30. The average Bonchev–Trinajstić information content (AvgIpc) is 3.18. The summed E-state index contributed by atoms with van der Waals surface area (Å²) in [6.07, 6.45) is 12.3. The van der Waals surface area contributed by atoms with Crippen molar-refractivity contribution in [1.82, 2.24) is 15.0 Å². The van der Waals surface area contributed by atoms with E-state index in [-0.39, 0.29) is 0 Å². The first-order chi connectivity index (χ1) is 15.4. The van der Waals surface area contributed by atoms with Crippen molar-refractivity contribution in [3.8, 4) is 11.4 Å². The molecular weight excluding hydrogens is 402 g/mol. The van der Waals surface area contributed by atoms with Crippen LogP contribution in [0.2, 0.25) is 0 Å². The quantitative estimate of drug-likeness (QED) is 0.666. The van der Waals surface area contributed by atoms with Crippen LogP contribution >= 0.6 is 0 Å². The van der Waals surface area contributed by atoms with Gasteiger partial charge in [-0.05, 0) is 86.8 Å². The number of nitrogens with zero attached hydrogens (tertiary/aromatic N) is 3. The van der Waals surface area contributed by atoms with Crippen LogP contribution in [0.25, 0.3) is 23.5 Å². The van der Waals surface area contributed by atoms with E-state index >= 15 is 0 Å². The van der Waals surface area contributed by atoms with Crippen LogP contribution in [0.1, 0.15) is 51.9 Å². The molecule has 2 fully saturated rings. The number of pyridine rings is 1. The Balaban J connectivity index is 1.39. The van der Waals surface area contributed by atoms with Gasteiger partial charge in [-0.2, -0.15) is 0 Å². The predicted molar refractivity (Wildman–Crippen MR) is 127 cm³/mol. The van der Waals surface area contributed by atoms with Crippen LogP contribution in [0, 0.1) is 11.3 Å². The van der Waals surface area contributed by atoms with E-state index in [0.29, 0.717) is 17.8 Å². The molecule has 32 heavy (non-hydrogen) atoms. The highest BCUT2D eigenvalue weighted by Crippen LogP contribution is 2.47. The molecule has 0 bridgehead atoms. The van der Waals surface area contributed by atoms with E-state index < -0.39 is 5.97 Å². The molecule has 0 unspecified atom stereocenters. The number of carboxylic acids is 1. The Morgan fingerprint density at radius 1 is 1.31 bits per heavy atom. The molecule has 170 valence electrons. The van der Waals surface area contributed by atoms with E-state index in [0.717, 1.165) is 85.1 Å². The molecule has 4 N–H and O–H groups in total. The molecule has 4 rings (SSSR count). The molecule has 2 aromatic rings. The van der Waals surface area contributed by atoms with Crippen LogP contribution in [0.15, 0.2) is 30.6 Å². The third kappa shape index (κ3) is 4.71. The predicted octanol–water partition coefficient (Wildman–Crippen LogP) is 2.78. The minimum absolute atomic E-state index is 0.326. The Morgan fingerprint density at radius 3 is 2.62 bits per heavy atom. The van der Waals surface area contributed by atoms with Gasteiger partial charge >= 0.3 is 5.97 Å². The van der Waals surface area contributed by atoms with Crippen molar-refractivity contribution in [2.75, 3.05) is 18.0 Å². The second-order valence-electron chi connectivity index (χ2n) is 9.39. The maximum Gasteiger partial charge on any atom is 0.303 e. The number of hydrogen-bond donors (Lipinski definition) is 3. The van der Waals surface area contributed by atoms with Gasteiger partial charge in [0.25, 0.3) is 0 Å². The molecule has 1 aliphatic carbocycles. The highest BCUT2D eigenvalue weighted by molar-refractivity contribution is 5.67. The number of aromatic amines is 1. The number of imidazole rings is 1. The van der Waals surface area contributed by atoms with Gasteiger partial charge in [0.2, 0.25) is 0 Å². The monoisotopic (exact) mass is 435 g/mol. The van der Waals surface area contributed by atoms with Crippen molar-refractivity contribution < 1.29 is 9.90 Å². The molecule has 0 amide bonds. The number of nitrogens with one attached hydrogen (secondary N) is 1. The molecule has 0 atom stereocenters. The van der Waals surface area contributed by atoms with Gasteiger partial charge in [0.15, 0.2) is 0 Å². The molecule has 1 spiro atoms. The zero-order chi connectivity index (χ0) is 22.7. The van der Waals surface area contributed by atoms with Crippen molar-refractivity contribution in [1.29, 1.82) is 0 Å². The summed E-state index contributed by atoms with van der Waals surface area (Å²) in [5.74, 6) is 1.45. The minimum atomic E-state index is -0.659. The number of H-pyrrole nitrogens is 1. The normalized spacial score (nSPS) is 20.1. The molecule has 7 nitrogen and oxygen atoms in total. The molecule has 0 radical (unpaired) electrons. The number of aliphatic carboxylic acids is 1. The summed E-state index contributed by atoms with van der Waals surface area (Å²) < 4.78 is 0. The minimum Gasteiger partial charge on any atom is -0.481 e. The molecule has 1 saturated carbocycles. The maximum atomic E-state index is 11.0. The number of carbonyl (C=O) groups is 1. The van der Waals surface area contributed by atoms with Crippen molar-refractivity contribution in [3.05, 3.63) is 41.3 Å². The van der Waals surface area contributed by atoms with Crippen LogP contribution in [0.4, 0.5) is 5.82 Å². The second-order valence-corrected chi connectivity index (χ2v) is 9.39. The first-order valence-corrected chi connectivity index (χ1v) is 11.5. The number of hydrogen-bond acceptors (Lipinski definition) is 5. The maximum absolute atomic E-state index is 11.0. The number of anilines is 1. The average molecular weight is 436 g/mol. The molecule has 2 aromatic heterocycles. The largest absolute Gasteiger partial charge is 0.481 e. The van der Waals surface area contributed by atoms with Gasteiger partial charge in [-0.15, -0.1) is 0 Å². The van der Waals surface area contributed by atoms with Gasteiger partial charge in [0.05, 0.1) is 10.7 Å². The molecule has 1 aliphatic heterocycles. The van der Waals surface area contributed by atoms with Gasteiger partial charge in [-0.25, -0.2) is 9.97 Å². The van der Waals surface area contributed by atoms with Gasteiger partial charge in [0, 0.05) is 31.3 Å². The third-order valence-electron chi connectivity index (χ3n) is 7.30. The second kappa shape index (κ2) is 9.18. The SMILES string of the molecule is C=c1[nH]c(-c2ccc(N3CCC4(CCC(CC(=O)O)CC4)CC3)nc2)n/c1=C(C)/C=C\N. The van der Waals surface area contributed by atoms with Crippen LogP contribution < -0.4 is 21.3 Å². The topological polar surface area (TPSA) is 108 Å². The van der Waals surface area contributed by atoms with E-state index in [1.54, 1.807) is 0 Å².